The zero-order valence-electron chi connectivity index (χ0n) is 10.9. The molecule has 2 aliphatic heterocycles. The van der Waals surface area contributed by atoms with E-state index in [2.05, 4.69) is 43.1 Å². The van der Waals surface area contributed by atoms with Crippen molar-refractivity contribution in [1.82, 2.24) is 15.1 Å². The lowest BCUT2D eigenvalue weighted by atomic mass is 9.96. The van der Waals surface area contributed by atoms with Crippen LogP contribution in [0.25, 0.3) is 0 Å². The van der Waals surface area contributed by atoms with Gasteiger partial charge in [-0.15, -0.1) is 0 Å². The highest BCUT2D eigenvalue weighted by Gasteiger charge is 2.37. The van der Waals surface area contributed by atoms with Gasteiger partial charge in [0, 0.05) is 31.7 Å². The lowest BCUT2D eigenvalue weighted by Crippen LogP contribution is -2.65. The lowest BCUT2D eigenvalue weighted by Gasteiger charge is -2.47. The predicted molar refractivity (Wildman–Crippen MR) is 65.7 cm³/mol. The van der Waals surface area contributed by atoms with Crippen molar-refractivity contribution in [2.75, 3.05) is 40.3 Å². The fourth-order valence-corrected chi connectivity index (χ4v) is 3.16. The van der Waals surface area contributed by atoms with Crippen LogP contribution in [0.3, 0.4) is 0 Å². The second kappa shape index (κ2) is 5.00. The number of ether oxygens (including phenoxy) is 1. The van der Waals surface area contributed by atoms with Gasteiger partial charge in [0.25, 0.3) is 0 Å². The molecule has 0 radical (unpaired) electrons. The van der Waals surface area contributed by atoms with Crippen molar-refractivity contribution < 1.29 is 4.74 Å². The van der Waals surface area contributed by atoms with Gasteiger partial charge in [-0.1, -0.05) is 0 Å². The molecule has 0 spiro atoms. The van der Waals surface area contributed by atoms with Crippen LogP contribution in [0.2, 0.25) is 0 Å². The summed E-state index contributed by atoms with van der Waals surface area (Å²) in [5, 5.41) is 3.63. The minimum absolute atomic E-state index is 0.346. The first-order chi connectivity index (χ1) is 7.58. The maximum atomic E-state index is 5.94. The number of hydrogen-bond donors (Lipinski definition) is 1. The molecule has 4 nitrogen and oxygen atoms in total. The Hall–Kier alpha value is -0.160. The highest BCUT2D eigenvalue weighted by molar-refractivity contribution is 4.95. The first-order valence-corrected chi connectivity index (χ1v) is 6.34. The summed E-state index contributed by atoms with van der Waals surface area (Å²) in [5.41, 5.74) is 0. The normalized spacial score (nSPS) is 43.5. The Kier molecular flexibility index (Phi) is 3.85. The third kappa shape index (κ3) is 2.56. The Morgan fingerprint density at radius 2 is 1.94 bits per heavy atom. The number of nitrogens with one attached hydrogen (secondary N) is 1. The summed E-state index contributed by atoms with van der Waals surface area (Å²) in [6, 6.07) is 1.58. The van der Waals surface area contributed by atoms with E-state index in [4.69, 9.17) is 4.74 Å². The van der Waals surface area contributed by atoms with Gasteiger partial charge < -0.3 is 15.0 Å². The zero-order valence-corrected chi connectivity index (χ0v) is 10.9. The van der Waals surface area contributed by atoms with Crippen molar-refractivity contribution in [2.24, 2.45) is 0 Å². The number of morpholine rings is 1. The van der Waals surface area contributed by atoms with Gasteiger partial charge in [-0.3, -0.25) is 4.90 Å². The largest absolute Gasteiger partial charge is 0.374 e. The average molecular weight is 227 g/mol. The molecule has 0 aromatic heterocycles. The minimum Gasteiger partial charge on any atom is -0.374 e. The molecule has 2 heterocycles. The fourth-order valence-electron chi connectivity index (χ4n) is 3.16. The molecule has 2 saturated heterocycles. The SMILES string of the molecule is CC1CN(C)C(C2CN(C)CCO2)C(C)N1. The van der Waals surface area contributed by atoms with Crippen molar-refractivity contribution >= 4 is 0 Å². The van der Waals surface area contributed by atoms with Crippen LogP contribution in [0.15, 0.2) is 0 Å². The Bertz CT molecular complexity index is 224. The summed E-state index contributed by atoms with van der Waals surface area (Å²) in [6.07, 6.45) is 0.346. The van der Waals surface area contributed by atoms with E-state index in [-0.39, 0.29) is 0 Å². The van der Waals surface area contributed by atoms with Crippen LogP contribution in [-0.2, 0) is 4.74 Å². The van der Waals surface area contributed by atoms with Gasteiger partial charge in [-0.2, -0.15) is 0 Å². The average Bonchev–Trinajstić information content (AvgIpc) is 2.15. The maximum absolute atomic E-state index is 5.94. The molecule has 16 heavy (non-hydrogen) atoms. The van der Waals surface area contributed by atoms with Crippen molar-refractivity contribution in [3.05, 3.63) is 0 Å². The lowest BCUT2D eigenvalue weighted by molar-refractivity contribution is -0.0785. The molecule has 2 aliphatic rings. The molecule has 0 amide bonds. The monoisotopic (exact) mass is 227 g/mol. The fraction of sp³-hybridized carbons (Fsp3) is 1.00. The first kappa shape index (κ1) is 12.3. The quantitative estimate of drug-likeness (QED) is 0.682. The van der Waals surface area contributed by atoms with Gasteiger partial charge in [0.05, 0.1) is 18.8 Å². The van der Waals surface area contributed by atoms with Crippen LogP contribution in [0.1, 0.15) is 13.8 Å². The van der Waals surface area contributed by atoms with Gasteiger partial charge in [-0.25, -0.2) is 0 Å². The molecular weight excluding hydrogens is 202 g/mol. The number of hydrogen-bond acceptors (Lipinski definition) is 4. The summed E-state index contributed by atoms with van der Waals surface area (Å²) in [5.74, 6) is 0. The predicted octanol–water partition coefficient (Wildman–Crippen LogP) is -0.00240. The van der Waals surface area contributed by atoms with Crippen LogP contribution in [0, 0.1) is 0 Å². The van der Waals surface area contributed by atoms with Gasteiger partial charge in [0.15, 0.2) is 0 Å². The number of nitrogens with zero attached hydrogens (tertiary/aromatic N) is 2. The maximum Gasteiger partial charge on any atom is 0.0872 e. The van der Waals surface area contributed by atoms with Gasteiger partial charge >= 0.3 is 0 Å². The summed E-state index contributed by atoms with van der Waals surface area (Å²) in [4.78, 5) is 4.82. The molecular formula is C12H25N3O. The van der Waals surface area contributed by atoms with E-state index in [1.165, 1.54) is 0 Å². The second-order valence-corrected chi connectivity index (χ2v) is 5.46. The van der Waals surface area contributed by atoms with Gasteiger partial charge in [0.1, 0.15) is 0 Å². The van der Waals surface area contributed by atoms with Gasteiger partial charge in [0.2, 0.25) is 0 Å². The molecule has 0 aliphatic carbocycles. The highest BCUT2D eigenvalue weighted by Crippen LogP contribution is 2.19. The summed E-state index contributed by atoms with van der Waals surface area (Å²) < 4.78 is 5.94. The van der Waals surface area contributed by atoms with E-state index in [1.807, 2.05) is 0 Å². The molecule has 4 atom stereocenters. The Morgan fingerprint density at radius 3 is 2.56 bits per heavy atom. The van der Waals surface area contributed by atoms with E-state index in [0.717, 1.165) is 26.2 Å². The number of rotatable bonds is 1. The smallest absolute Gasteiger partial charge is 0.0872 e. The molecule has 94 valence electrons. The van der Waals surface area contributed by atoms with Crippen LogP contribution in [0.5, 0.6) is 0 Å². The molecule has 2 rings (SSSR count). The topological polar surface area (TPSA) is 27.7 Å². The van der Waals surface area contributed by atoms with E-state index in [1.54, 1.807) is 0 Å². The van der Waals surface area contributed by atoms with Crippen LogP contribution in [0.4, 0.5) is 0 Å². The van der Waals surface area contributed by atoms with Crippen LogP contribution < -0.4 is 5.32 Å². The van der Waals surface area contributed by atoms with Crippen molar-refractivity contribution in [1.29, 1.82) is 0 Å². The molecule has 0 aromatic rings. The van der Waals surface area contributed by atoms with Crippen LogP contribution >= 0.6 is 0 Å². The number of piperazine rings is 1. The third-order valence-electron chi connectivity index (χ3n) is 3.81. The molecule has 0 aromatic carbocycles. The summed E-state index contributed by atoms with van der Waals surface area (Å²) in [6.45, 7) is 8.61. The Morgan fingerprint density at radius 1 is 1.19 bits per heavy atom. The standard InChI is InChI=1S/C12H25N3O/c1-9-7-15(4)12(10(2)13-9)11-8-14(3)5-6-16-11/h9-13H,5-8H2,1-4H3. The molecule has 4 unspecified atom stereocenters. The van der Waals surface area contributed by atoms with E-state index >= 15 is 0 Å². The second-order valence-electron chi connectivity index (χ2n) is 5.46. The zero-order chi connectivity index (χ0) is 11.7. The Labute approximate surface area is 98.9 Å². The van der Waals surface area contributed by atoms with Crippen LogP contribution in [-0.4, -0.2) is 74.4 Å². The van der Waals surface area contributed by atoms with E-state index in [9.17, 15) is 0 Å². The molecule has 0 bridgehead atoms. The summed E-state index contributed by atoms with van der Waals surface area (Å²) in [7, 11) is 4.40. The van der Waals surface area contributed by atoms with E-state index < -0.39 is 0 Å². The third-order valence-corrected chi connectivity index (χ3v) is 3.81. The molecule has 1 N–H and O–H groups in total. The van der Waals surface area contributed by atoms with Crippen molar-refractivity contribution in [2.45, 2.75) is 38.1 Å². The Balaban J connectivity index is 2.01. The minimum atomic E-state index is 0.346. The van der Waals surface area contributed by atoms with Crippen molar-refractivity contribution in [3.8, 4) is 0 Å². The van der Waals surface area contributed by atoms with E-state index in [0.29, 0.717) is 24.2 Å². The summed E-state index contributed by atoms with van der Waals surface area (Å²) >= 11 is 0. The van der Waals surface area contributed by atoms with Gasteiger partial charge in [-0.05, 0) is 27.9 Å². The number of likely N-dealkylation sites (N-methyl/N-ethyl adjacent to an activating group) is 2. The molecule has 0 saturated carbocycles. The highest BCUT2D eigenvalue weighted by atomic mass is 16.5. The first-order valence-electron chi connectivity index (χ1n) is 6.34. The molecule has 4 heteroatoms. The molecule has 2 fully saturated rings. The van der Waals surface area contributed by atoms with Crippen molar-refractivity contribution in [3.63, 3.8) is 0 Å².